The molecule has 10 heteroatoms. The van der Waals surface area contributed by atoms with Crippen molar-refractivity contribution < 1.29 is 9.13 Å². The first-order chi connectivity index (χ1) is 15.4. The van der Waals surface area contributed by atoms with Gasteiger partial charge in [0.15, 0.2) is 5.82 Å². The number of rotatable bonds is 7. The number of benzene rings is 1. The van der Waals surface area contributed by atoms with E-state index in [1.54, 1.807) is 13.0 Å². The lowest BCUT2D eigenvalue weighted by molar-refractivity contribution is 0.234. The molecule has 0 radical (unpaired) electrons. The average molecular weight is 480 g/mol. The van der Waals surface area contributed by atoms with Gasteiger partial charge in [-0.15, -0.1) is 0 Å². The molecule has 1 aliphatic heterocycles. The molecule has 7 nitrogen and oxygen atoms in total. The quantitative estimate of drug-likeness (QED) is 0.515. The van der Waals surface area contributed by atoms with Gasteiger partial charge in [-0.05, 0) is 44.5 Å². The van der Waals surface area contributed by atoms with Crippen LogP contribution in [-0.2, 0) is 0 Å². The minimum Gasteiger partial charge on any atom is -0.463 e. The molecule has 0 bridgehead atoms. The van der Waals surface area contributed by atoms with Crippen LogP contribution in [0, 0.1) is 12.7 Å². The first-order valence-electron chi connectivity index (χ1n) is 10.5. The molecule has 170 valence electrons. The third-order valence-electron chi connectivity index (χ3n) is 5.58. The number of H-pyrrole nitrogens is 1. The number of aromatic nitrogens is 3. The van der Waals surface area contributed by atoms with Crippen LogP contribution < -0.4 is 15.2 Å². The fourth-order valence-electron chi connectivity index (χ4n) is 3.80. The maximum absolute atomic E-state index is 13.5. The van der Waals surface area contributed by atoms with Gasteiger partial charge in [0, 0.05) is 31.6 Å². The van der Waals surface area contributed by atoms with Gasteiger partial charge < -0.3 is 14.6 Å². The smallest absolute Gasteiger partial charge is 0.318 e. The summed E-state index contributed by atoms with van der Waals surface area (Å²) in [4.78, 5) is 27.0. The molecule has 0 unspecified atom stereocenters. The lowest BCUT2D eigenvalue weighted by Gasteiger charge is -2.36. The zero-order valence-corrected chi connectivity index (χ0v) is 19.2. The van der Waals surface area contributed by atoms with Crippen molar-refractivity contribution in [3.8, 4) is 6.01 Å². The van der Waals surface area contributed by atoms with Gasteiger partial charge in [-0.3, -0.25) is 9.69 Å². The number of hydrogen-bond acceptors (Lipinski definition) is 6. The van der Waals surface area contributed by atoms with Gasteiger partial charge in [0.25, 0.3) is 5.56 Å². The van der Waals surface area contributed by atoms with Gasteiger partial charge in [0.1, 0.15) is 5.65 Å². The number of fused-ring (bicyclic) bond motifs is 1. The van der Waals surface area contributed by atoms with Crippen LogP contribution in [0.25, 0.3) is 11.0 Å². The lowest BCUT2D eigenvalue weighted by atomic mass is 10.2. The summed E-state index contributed by atoms with van der Waals surface area (Å²) in [7, 11) is 0. The second kappa shape index (κ2) is 10.0. The predicted octanol–water partition coefficient (Wildman–Crippen LogP) is 4.05. The highest BCUT2D eigenvalue weighted by atomic mass is 35.5. The zero-order chi connectivity index (χ0) is 22.7. The van der Waals surface area contributed by atoms with E-state index in [1.807, 2.05) is 12.1 Å². The molecule has 1 N–H and O–H groups in total. The molecule has 0 aliphatic carbocycles. The Kier molecular flexibility index (Phi) is 7.13. The number of unbranched alkanes of at least 4 members (excludes halogenated alkanes) is 1. The summed E-state index contributed by atoms with van der Waals surface area (Å²) >= 11 is 12.5. The summed E-state index contributed by atoms with van der Waals surface area (Å²) in [5.41, 5.74) is 1.01. The predicted molar refractivity (Wildman–Crippen MR) is 125 cm³/mol. The van der Waals surface area contributed by atoms with Crippen LogP contribution in [-0.4, -0.2) is 59.2 Å². The maximum Gasteiger partial charge on any atom is 0.318 e. The van der Waals surface area contributed by atoms with Crippen molar-refractivity contribution in [1.29, 1.82) is 0 Å². The lowest BCUT2D eigenvalue weighted by Crippen LogP contribution is -2.46. The van der Waals surface area contributed by atoms with Crippen LogP contribution in [0.1, 0.15) is 18.5 Å². The van der Waals surface area contributed by atoms with Gasteiger partial charge in [-0.25, -0.2) is 4.39 Å². The van der Waals surface area contributed by atoms with Crippen molar-refractivity contribution in [1.82, 2.24) is 19.9 Å². The number of halogens is 3. The molecule has 2 aromatic heterocycles. The van der Waals surface area contributed by atoms with E-state index in [0.29, 0.717) is 27.7 Å². The largest absolute Gasteiger partial charge is 0.463 e. The summed E-state index contributed by atoms with van der Waals surface area (Å²) in [6.45, 7) is 6.89. The first kappa shape index (κ1) is 22.8. The summed E-state index contributed by atoms with van der Waals surface area (Å²) in [5, 5.41) is 1.66. The fourth-order valence-corrected chi connectivity index (χ4v) is 4.21. The van der Waals surface area contributed by atoms with E-state index in [9.17, 15) is 9.18 Å². The van der Waals surface area contributed by atoms with Gasteiger partial charge >= 0.3 is 6.01 Å². The Labute approximate surface area is 195 Å². The van der Waals surface area contributed by atoms with Crippen molar-refractivity contribution in [2.45, 2.75) is 19.8 Å². The molecule has 1 saturated heterocycles. The molecule has 1 aromatic carbocycles. The van der Waals surface area contributed by atoms with Crippen molar-refractivity contribution in [3.63, 3.8) is 0 Å². The minimum atomic E-state index is -0.852. The zero-order valence-electron chi connectivity index (χ0n) is 17.7. The van der Waals surface area contributed by atoms with E-state index in [0.717, 1.165) is 57.3 Å². The van der Waals surface area contributed by atoms with E-state index in [1.165, 1.54) is 0 Å². The third kappa shape index (κ3) is 5.14. The van der Waals surface area contributed by atoms with E-state index in [2.05, 4.69) is 24.8 Å². The van der Waals surface area contributed by atoms with Crippen LogP contribution in [0.3, 0.4) is 0 Å². The monoisotopic (exact) mass is 479 g/mol. The highest BCUT2D eigenvalue weighted by Gasteiger charge is 2.19. The van der Waals surface area contributed by atoms with Gasteiger partial charge in [0.2, 0.25) is 0 Å². The Morgan fingerprint density at radius 3 is 2.72 bits per heavy atom. The van der Waals surface area contributed by atoms with Crippen LogP contribution in [0.4, 0.5) is 10.1 Å². The molecule has 0 amide bonds. The summed E-state index contributed by atoms with van der Waals surface area (Å²) < 4.78 is 19.1. The summed E-state index contributed by atoms with van der Waals surface area (Å²) in [6, 6.07) is 7.06. The SMILES string of the molecule is Cc1nc(OCCCCN2CCN(c3cccc(Cl)c3Cl)CC2)nc2[nH]c(=O)c(F)cc12. The Morgan fingerprint density at radius 2 is 1.94 bits per heavy atom. The van der Waals surface area contributed by atoms with Gasteiger partial charge in [-0.2, -0.15) is 9.97 Å². The second-order valence-corrected chi connectivity index (χ2v) is 8.54. The van der Waals surface area contributed by atoms with Crippen molar-refractivity contribution in [2.75, 3.05) is 44.2 Å². The van der Waals surface area contributed by atoms with Gasteiger partial charge in [-0.1, -0.05) is 29.3 Å². The topological polar surface area (TPSA) is 74.3 Å². The van der Waals surface area contributed by atoms with E-state index >= 15 is 0 Å². The highest BCUT2D eigenvalue weighted by molar-refractivity contribution is 6.43. The van der Waals surface area contributed by atoms with Crippen LogP contribution >= 0.6 is 23.2 Å². The highest BCUT2D eigenvalue weighted by Crippen LogP contribution is 2.32. The Bertz CT molecular complexity index is 1170. The number of piperazine rings is 1. The number of pyridine rings is 1. The first-order valence-corrected chi connectivity index (χ1v) is 11.3. The molecule has 4 rings (SSSR count). The van der Waals surface area contributed by atoms with Crippen LogP contribution in [0.5, 0.6) is 6.01 Å². The van der Waals surface area contributed by atoms with Crippen molar-refractivity contribution in [2.24, 2.45) is 0 Å². The van der Waals surface area contributed by atoms with E-state index < -0.39 is 11.4 Å². The molecule has 0 saturated carbocycles. The second-order valence-electron chi connectivity index (χ2n) is 7.76. The molecule has 0 atom stereocenters. The number of hydrogen-bond donors (Lipinski definition) is 1. The molecule has 3 aromatic rings. The number of aromatic amines is 1. The van der Waals surface area contributed by atoms with Crippen molar-refractivity contribution in [3.05, 3.63) is 56.2 Å². The summed E-state index contributed by atoms with van der Waals surface area (Å²) in [6.07, 6.45) is 1.83. The van der Waals surface area contributed by atoms with Crippen LogP contribution in [0.2, 0.25) is 10.0 Å². The van der Waals surface area contributed by atoms with Crippen LogP contribution in [0.15, 0.2) is 29.1 Å². The molecule has 32 heavy (non-hydrogen) atoms. The number of nitrogens with one attached hydrogen (secondary N) is 1. The van der Waals surface area contributed by atoms with Crippen molar-refractivity contribution >= 4 is 39.9 Å². The number of ether oxygens (including phenoxy) is 1. The average Bonchev–Trinajstić information content (AvgIpc) is 2.77. The minimum absolute atomic E-state index is 0.185. The standard InChI is InChI=1S/C22H24Cl2FN5O2/c1-14-15-13-17(25)21(31)27-20(15)28-22(26-14)32-12-3-2-7-29-8-10-30(11-9-29)18-6-4-5-16(23)19(18)24/h4-6,13H,2-3,7-12H2,1H3,(H,26,27,28,31). The molecule has 3 heterocycles. The normalized spacial score (nSPS) is 14.8. The number of anilines is 1. The van der Waals surface area contributed by atoms with E-state index in [-0.39, 0.29) is 11.7 Å². The Morgan fingerprint density at radius 1 is 1.16 bits per heavy atom. The Hall–Kier alpha value is -2.42. The molecule has 0 spiro atoms. The number of nitrogens with zero attached hydrogens (tertiary/aromatic N) is 4. The van der Waals surface area contributed by atoms with E-state index in [4.69, 9.17) is 27.9 Å². The van der Waals surface area contributed by atoms with Gasteiger partial charge in [0.05, 0.1) is 28.0 Å². The third-order valence-corrected chi connectivity index (χ3v) is 6.39. The molecule has 1 fully saturated rings. The fraction of sp³-hybridized carbons (Fsp3) is 0.409. The number of aryl methyl sites for hydroxylation is 1. The molecular weight excluding hydrogens is 456 g/mol. The maximum atomic E-state index is 13.5. The molecular formula is C22H24Cl2FN5O2. The Balaban J connectivity index is 1.21. The molecule has 1 aliphatic rings. The summed E-state index contributed by atoms with van der Waals surface area (Å²) in [5.74, 6) is -0.852.